The van der Waals surface area contributed by atoms with Crippen molar-refractivity contribution in [2.45, 2.75) is 19.3 Å². The monoisotopic (exact) mass is 357 g/mol. The van der Waals surface area contributed by atoms with Gasteiger partial charge >= 0.3 is 0 Å². The molecule has 4 nitrogen and oxygen atoms in total. The predicted octanol–water partition coefficient (Wildman–Crippen LogP) is 2.70. The molecule has 1 aromatic rings. The highest BCUT2D eigenvalue weighted by Crippen LogP contribution is 2.59. The molecule has 128 valence electrons. The van der Waals surface area contributed by atoms with E-state index < -0.39 is 0 Å². The van der Waals surface area contributed by atoms with E-state index in [9.17, 15) is 4.79 Å². The van der Waals surface area contributed by atoms with Crippen LogP contribution < -0.4 is 15.1 Å². The number of nitrogens with zero attached hydrogens (tertiary/aromatic N) is 2. The van der Waals surface area contributed by atoms with Crippen LogP contribution in [-0.2, 0) is 4.79 Å². The van der Waals surface area contributed by atoms with E-state index in [0.717, 1.165) is 38.3 Å². The third kappa shape index (κ3) is 3.04. The number of carbonyl (C=O) groups is 1. The SMILES string of the molecule is CN1CCN(C(=O)C2CC23CCNCC3)c2ccccc21.Cl.Cl. The van der Waals surface area contributed by atoms with Crippen LogP contribution in [0.4, 0.5) is 11.4 Å². The van der Waals surface area contributed by atoms with E-state index in [0.29, 0.717) is 11.3 Å². The molecule has 23 heavy (non-hydrogen) atoms. The summed E-state index contributed by atoms with van der Waals surface area (Å²) in [7, 11) is 2.10. The maximum absolute atomic E-state index is 13.0. The van der Waals surface area contributed by atoms with Gasteiger partial charge < -0.3 is 15.1 Å². The quantitative estimate of drug-likeness (QED) is 0.839. The van der Waals surface area contributed by atoms with Crippen molar-refractivity contribution in [1.82, 2.24) is 5.32 Å². The average Bonchev–Trinajstić information content (AvgIpc) is 3.21. The largest absolute Gasteiger partial charge is 0.371 e. The van der Waals surface area contributed by atoms with Gasteiger partial charge in [-0.3, -0.25) is 4.79 Å². The summed E-state index contributed by atoms with van der Waals surface area (Å²) in [4.78, 5) is 17.3. The molecule has 1 aliphatic carbocycles. The van der Waals surface area contributed by atoms with E-state index in [4.69, 9.17) is 0 Å². The highest BCUT2D eigenvalue weighted by Gasteiger charge is 2.58. The number of hydrogen-bond donors (Lipinski definition) is 1. The van der Waals surface area contributed by atoms with Crippen LogP contribution >= 0.6 is 24.8 Å². The molecule has 1 saturated carbocycles. The maximum atomic E-state index is 13.0. The van der Waals surface area contributed by atoms with Gasteiger partial charge in [-0.25, -0.2) is 0 Å². The number of para-hydroxylation sites is 2. The predicted molar refractivity (Wildman–Crippen MR) is 99.2 cm³/mol. The summed E-state index contributed by atoms with van der Waals surface area (Å²) in [5.74, 6) is 0.619. The minimum absolute atomic E-state index is 0. The Labute approximate surface area is 150 Å². The van der Waals surface area contributed by atoms with Gasteiger partial charge in [-0.05, 0) is 49.9 Å². The van der Waals surface area contributed by atoms with E-state index in [1.807, 2.05) is 11.0 Å². The number of benzene rings is 1. The molecule has 1 saturated heterocycles. The van der Waals surface area contributed by atoms with Crippen molar-refractivity contribution in [2.24, 2.45) is 11.3 Å². The van der Waals surface area contributed by atoms with Gasteiger partial charge in [0.1, 0.15) is 0 Å². The van der Waals surface area contributed by atoms with Crippen LogP contribution in [0.3, 0.4) is 0 Å². The standard InChI is InChI=1S/C17H23N3O.2ClH/c1-19-10-11-20(15-5-3-2-4-14(15)19)16(21)13-12-17(13)6-8-18-9-7-17;;/h2-5,13,18H,6-12H2,1H3;2*1H. The second-order valence-electron chi connectivity index (χ2n) is 6.77. The number of halogens is 2. The zero-order valence-corrected chi connectivity index (χ0v) is 15.1. The Balaban J connectivity index is 0.000000960. The van der Waals surface area contributed by atoms with Crippen LogP contribution in [0.2, 0.25) is 0 Å². The van der Waals surface area contributed by atoms with Crippen molar-refractivity contribution in [2.75, 3.05) is 43.0 Å². The summed E-state index contributed by atoms with van der Waals surface area (Å²) in [5, 5.41) is 3.41. The fourth-order valence-corrected chi connectivity index (χ4v) is 4.10. The first-order valence-corrected chi connectivity index (χ1v) is 8.04. The Hall–Kier alpha value is -0.970. The Morgan fingerprint density at radius 2 is 1.78 bits per heavy atom. The summed E-state index contributed by atoms with van der Waals surface area (Å²) in [6.45, 7) is 3.88. The van der Waals surface area contributed by atoms with Crippen LogP contribution in [0, 0.1) is 11.3 Å². The van der Waals surface area contributed by atoms with E-state index in [1.54, 1.807) is 0 Å². The first-order valence-electron chi connectivity index (χ1n) is 8.04. The van der Waals surface area contributed by atoms with Gasteiger partial charge in [0.2, 0.25) is 5.91 Å². The van der Waals surface area contributed by atoms with Crippen molar-refractivity contribution in [3.8, 4) is 0 Å². The minimum atomic E-state index is 0. The van der Waals surface area contributed by atoms with Gasteiger partial charge in [0, 0.05) is 26.1 Å². The highest BCUT2D eigenvalue weighted by molar-refractivity contribution is 6.01. The summed E-state index contributed by atoms with van der Waals surface area (Å²) in [6.07, 6.45) is 3.43. The van der Waals surface area contributed by atoms with E-state index >= 15 is 0 Å². The Kier molecular flexibility index (Phi) is 5.49. The molecule has 1 spiro atoms. The van der Waals surface area contributed by atoms with Crippen LogP contribution in [0.5, 0.6) is 0 Å². The second kappa shape index (κ2) is 6.88. The first kappa shape index (κ1) is 18.4. The lowest BCUT2D eigenvalue weighted by atomic mass is 9.91. The number of hydrogen-bond acceptors (Lipinski definition) is 3. The van der Waals surface area contributed by atoms with Crippen molar-refractivity contribution in [3.05, 3.63) is 24.3 Å². The topological polar surface area (TPSA) is 35.6 Å². The third-order valence-corrected chi connectivity index (χ3v) is 5.60. The Morgan fingerprint density at radius 1 is 1.13 bits per heavy atom. The fourth-order valence-electron chi connectivity index (χ4n) is 4.10. The lowest BCUT2D eigenvalue weighted by Gasteiger charge is -2.36. The van der Waals surface area contributed by atoms with Crippen molar-refractivity contribution >= 4 is 42.1 Å². The van der Waals surface area contributed by atoms with Crippen molar-refractivity contribution in [3.63, 3.8) is 0 Å². The molecule has 4 rings (SSSR count). The zero-order chi connectivity index (χ0) is 14.4. The molecule has 1 atom stereocenters. The number of anilines is 2. The number of nitrogens with one attached hydrogen (secondary N) is 1. The average molecular weight is 358 g/mol. The summed E-state index contributed by atoms with van der Waals surface area (Å²) in [5.41, 5.74) is 2.59. The number of carbonyl (C=O) groups excluding carboxylic acids is 1. The van der Waals surface area contributed by atoms with Crippen molar-refractivity contribution in [1.29, 1.82) is 0 Å². The molecule has 3 aliphatic rings. The summed E-state index contributed by atoms with van der Waals surface area (Å²) < 4.78 is 0. The van der Waals surface area contributed by atoms with Crippen LogP contribution in [0.1, 0.15) is 19.3 Å². The molecule has 2 heterocycles. The summed E-state index contributed by atoms with van der Waals surface area (Å²) in [6, 6.07) is 8.28. The number of likely N-dealkylation sites (N-methyl/N-ethyl adjacent to an activating group) is 1. The lowest BCUT2D eigenvalue weighted by Crippen LogP contribution is -2.44. The number of piperidine rings is 1. The molecule has 0 bridgehead atoms. The smallest absolute Gasteiger partial charge is 0.230 e. The molecular weight excluding hydrogens is 333 g/mol. The number of fused-ring (bicyclic) bond motifs is 1. The van der Waals surface area contributed by atoms with Crippen molar-refractivity contribution < 1.29 is 4.79 Å². The fraction of sp³-hybridized carbons (Fsp3) is 0.588. The Morgan fingerprint density at radius 3 is 2.48 bits per heavy atom. The van der Waals surface area contributed by atoms with E-state index in [-0.39, 0.29) is 30.7 Å². The van der Waals surface area contributed by atoms with E-state index in [2.05, 4.69) is 35.5 Å². The Bertz CT molecular complexity index is 575. The molecule has 6 heteroatoms. The van der Waals surface area contributed by atoms with Gasteiger partial charge in [-0.15, -0.1) is 24.8 Å². The molecule has 0 aromatic heterocycles. The molecule has 1 amide bonds. The molecule has 2 aliphatic heterocycles. The molecular formula is C17H25Cl2N3O. The molecule has 1 aromatic carbocycles. The van der Waals surface area contributed by atoms with Crippen LogP contribution in [0.25, 0.3) is 0 Å². The number of rotatable bonds is 1. The molecule has 0 radical (unpaired) electrons. The van der Waals surface area contributed by atoms with E-state index in [1.165, 1.54) is 18.5 Å². The normalized spacial score (nSPS) is 24.3. The van der Waals surface area contributed by atoms with Crippen LogP contribution in [0.15, 0.2) is 24.3 Å². The lowest BCUT2D eigenvalue weighted by molar-refractivity contribution is -0.120. The van der Waals surface area contributed by atoms with Crippen LogP contribution in [-0.4, -0.2) is 39.1 Å². The molecule has 1 unspecified atom stereocenters. The summed E-state index contributed by atoms with van der Waals surface area (Å²) >= 11 is 0. The minimum Gasteiger partial charge on any atom is -0.371 e. The molecule has 2 fully saturated rings. The molecule has 1 N–H and O–H groups in total. The van der Waals surface area contributed by atoms with Gasteiger partial charge in [0.15, 0.2) is 0 Å². The maximum Gasteiger partial charge on any atom is 0.230 e. The van der Waals surface area contributed by atoms with Gasteiger partial charge in [0.05, 0.1) is 11.4 Å². The first-order chi connectivity index (χ1) is 10.2. The highest BCUT2D eigenvalue weighted by atomic mass is 35.5. The van der Waals surface area contributed by atoms with Gasteiger partial charge in [-0.1, -0.05) is 12.1 Å². The van der Waals surface area contributed by atoms with Gasteiger partial charge in [0.25, 0.3) is 0 Å². The zero-order valence-electron chi connectivity index (χ0n) is 13.5. The number of amides is 1. The second-order valence-corrected chi connectivity index (χ2v) is 6.77. The van der Waals surface area contributed by atoms with Gasteiger partial charge in [-0.2, -0.15) is 0 Å². The third-order valence-electron chi connectivity index (χ3n) is 5.60.